The van der Waals surface area contributed by atoms with Crippen LogP contribution in [0.1, 0.15) is 59.3 Å². The van der Waals surface area contributed by atoms with Gasteiger partial charge in [-0.15, -0.1) is 0 Å². The third-order valence-electron chi connectivity index (χ3n) is 3.86. The van der Waals surface area contributed by atoms with E-state index in [1.165, 1.54) is 58.2 Å². The zero-order valence-electron chi connectivity index (χ0n) is 11.5. The van der Waals surface area contributed by atoms with E-state index >= 15 is 0 Å². The monoisotopic (exact) mass is 226 g/mol. The van der Waals surface area contributed by atoms with Crippen molar-refractivity contribution in [1.82, 2.24) is 10.2 Å². The second kappa shape index (κ2) is 8.08. The van der Waals surface area contributed by atoms with Crippen molar-refractivity contribution in [3.05, 3.63) is 0 Å². The van der Waals surface area contributed by atoms with Gasteiger partial charge in [-0.3, -0.25) is 4.90 Å². The Morgan fingerprint density at radius 1 is 1.31 bits per heavy atom. The quantitative estimate of drug-likeness (QED) is 0.718. The van der Waals surface area contributed by atoms with E-state index in [0.29, 0.717) is 6.04 Å². The lowest BCUT2D eigenvalue weighted by molar-refractivity contribution is 0.141. The molecule has 1 rings (SSSR count). The molecular formula is C14H30N2. The van der Waals surface area contributed by atoms with Crippen molar-refractivity contribution in [2.75, 3.05) is 19.6 Å². The molecule has 2 heteroatoms. The highest BCUT2D eigenvalue weighted by Gasteiger charge is 2.21. The first-order valence-corrected chi connectivity index (χ1v) is 7.25. The third kappa shape index (κ3) is 4.84. The summed E-state index contributed by atoms with van der Waals surface area (Å²) in [4.78, 5) is 2.71. The Morgan fingerprint density at radius 2 is 2.12 bits per heavy atom. The molecule has 2 nitrogen and oxygen atoms in total. The predicted molar refractivity (Wildman–Crippen MR) is 71.9 cm³/mol. The molecule has 1 saturated heterocycles. The highest BCUT2D eigenvalue weighted by Crippen LogP contribution is 2.17. The Labute approximate surface area is 102 Å². The van der Waals surface area contributed by atoms with E-state index in [0.717, 1.165) is 6.04 Å². The molecule has 2 atom stereocenters. The summed E-state index contributed by atoms with van der Waals surface area (Å²) in [6.45, 7) is 10.7. The van der Waals surface area contributed by atoms with Gasteiger partial charge in [0.15, 0.2) is 0 Å². The summed E-state index contributed by atoms with van der Waals surface area (Å²) in [5.74, 6) is 0. The van der Waals surface area contributed by atoms with E-state index in [9.17, 15) is 0 Å². The Kier molecular flexibility index (Phi) is 7.06. The maximum absolute atomic E-state index is 3.67. The molecule has 2 unspecified atom stereocenters. The van der Waals surface area contributed by atoms with Crippen molar-refractivity contribution >= 4 is 0 Å². The fourth-order valence-electron chi connectivity index (χ4n) is 2.43. The molecule has 16 heavy (non-hydrogen) atoms. The van der Waals surface area contributed by atoms with Gasteiger partial charge in [0.1, 0.15) is 0 Å². The summed E-state index contributed by atoms with van der Waals surface area (Å²) in [5.41, 5.74) is 0. The van der Waals surface area contributed by atoms with Gasteiger partial charge in [0, 0.05) is 18.6 Å². The number of nitrogens with zero attached hydrogens (tertiary/aromatic N) is 1. The number of unbranched alkanes of at least 4 members (excludes halogenated alkanes) is 1. The summed E-state index contributed by atoms with van der Waals surface area (Å²) < 4.78 is 0. The zero-order chi connectivity index (χ0) is 11.8. The van der Waals surface area contributed by atoms with Crippen LogP contribution in [-0.4, -0.2) is 36.6 Å². The standard InChI is InChI=1S/C14H30N2/c1-4-6-10-16-11-8-7-9-14(16)12-15-13(3)5-2/h13-15H,4-12H2,1-3H3. The molecule has 1 fully saturated rings. The summed E-state index contributed by atoms with van der Waals surface area (Å²) in [5, 5.41) is 3.67. The van der Waals surface area contributed by atoms with Crippen molar-refractivity contribution < 1.29 is 0 Å². The lowest BCUT2D eigenvalue weighted by Crippen LogP contribution is -2.47. The largest absolute Gasteiger partial charge is 0.313 e. The number of hydrogen-bond acceptors (Lipinski definition) is 2. The van der Waals surface area contributed by atoms with E-state index in [2.05, 4.69) is 31.0 Å². The highest BCUT2D eigenvalue weighted by atomic mass is 15.2. The van der Waals surface area contributed by atoms with Gasteiger partial charge in [-0.05, 0) is 45.7 Å². The summed E-state index contributed by atoms with van der Waals surface area (Å²) in [7, 11) is 0. The van der Waals surface area contributed by atoms with Crippen molar-refractivity contribution in [2.45, 2.75) is 71.4 Å². The van der Waals surface area contributed by atoms with E-state index in [1.807, 2.05) is 0 Å². The van der Waals surface area contributed by atoms with Gasteiger partial charge in [0.25, 0.3) is 0 Å². The Morgan fingerprint density at radius 3 is 2.81 bits per heavy atom. The number of hydrogen-bond donors (Lipinski definition) is 1. The van der Waals surface area contributed by atoms with Crippen molar-refractivity contribution in [2.24, 2.45) is 0 Å². The Hall–Kier alpha value is -0.0800. The van der Waals surface area contributed by atoms with E-state index in [-0.39, 0.29) is 0 Å². The van der Waals surface area contributed by atoms with Crippen LogP contribution in [0.2, 0.25) is 0 Å². The van der Waals surface area contributed by atoms with Gasteiger partial charge in [0.05, 0.1) is 0 Å². The second-order valence-corrected chi connectivity index (χ2v) is 5.26. The molecule has 0 aromatic heterocycles. The second-order valence-electron chi connectivity index (χ2n) is 5.26. The maximum Gasteiger partial charge on any atom is 0.0220 e. The molecule has 0 aromatic carbocycles. The molecule has 0 aliphatic carbocycles. The van der Waals surface area contributed by atoms with Crippen LogP contribution in [0, 0.1) is 0 Å². The maximum atomic E-state index is 3.67. The summed E-state index contributed by atoms with van der Waals surface area (Å²) >= 11 is 0. The minimum atomic E-state index is 0.676. The smallest absolute Gasteiger partial charge is 0.0220 e. The minimum absolute atomic E-state index is 0.676. The first kappa shape index (κ1) is 14.0. The molecule has 0 bridgehead atoms. The molecule has 96 valence electrons. The average Bonchev–Trinajstić information content (AvgIpc) is 2.34. The van der Waals surface area contributed by atoms with Crippen LogP contribution in [-0.2, 0) is 0 Å². The first-order chi connectivity index (χ1) is 7.77. The molecule has 0 spiro atoms. The molecule has 0 saturated carbocycles. The van der Waals surface area contributed by atoms with Gasteiger partial charge < -0.3 is 5.32 Å². The minimum Gasteiger partial charge on any atom is -0.313 e. The number of piperidine rings is 1. The van der Waals surface area contributed by atoms with Gasteiger partial charge >= 0.3 is 0 Å². The van der Waals surface area contributed by atoms with Gasteiger partial charge in [-0.2, -0.15) is 0 Å². The van der Waals surface area contributed by atoms with Crippen molar-refractivity contribution in [3.8, 4) is 0 Å². The topological polar surface area (TPSA) is 15.3 Å². The SMILES string of the molecule is CCCCN1CCCCC1CNC(C)CC. The van der Waals surface area contributed by atoms with Gasteiger partial charge in [-0.25, -0.2) is 0 Å². The average molecular weight is 226 g/mol. The van der Waals surface area contributed by atoms with Crippen LogP contribution in [0.15, 0.2) is 0 Å². The Balaban J connectivity index is 2.28. The lowest BCUT2D eigenvalue weighted by atomic mass is 10.0. The number of rotatable bonds is 7. The molecule has 1 N–H and O–H groups in total. The molecule has 1 aliphatic heterocycles. The van der Waals surface area contributed by atoms with E-state index in [4.69, 9.17) is 0 Å². The van der Waals surface area contributed by atoms with E-state index < -0.39 is 0 Å². The molecule has 0 radical (unpaired) electrons. The van der Waals surface area contributed by atoms with Crippen LogP contribution < -0.4 is 5.32 Å². The van der Waals surface area contributed by atoms with Crippen molar-refractivity contribution in [3.63, 3.8) is 0 Å². The summed E-state index contributed by atoms with van der Waals surface area (Å²) in [6, 6.07) is 1.48. The predicted octanol–water partition coefficient (Wildman–Crippen LogP) is 3.03. The van der Waals surface area contributed by atoms with E-state index in [1.54, 1.807) is 0 Å². The zero-order valence-corrected chi connectivity index (χ0v) is 11.5. The fraction of sp³-hybridized carbons (Fsp3) is 1.00. The lowest BCUT2D eigenvalue weighted by Gasteiger charge is -2.36. The normalized spacial score (nSPS) is 24.6. The van der Waals surface area contributed by atoms with Crippen LogP contribution in [0.4, 0.5) is 0 Å². The fourth-order valence-corrected chi connectivity index (χ4v) is 2.43. The number of likely N-dealkylation sites (tertiary alicyclic amines) is 1. The molecule has 0 aromatic rings. The summed E-state index contributed by atoms with van der Waals surface area (Å²) in [6.07, 6.45) is 8.15. The first-order valence-electron chi connectivity index (χ1n) is 7.25. The molecule has 1 heterocycles. The van der Waals surface area contributed by atoms with Crippen LogP contribution in [0.3, 0.4) is 0 Å². The Bertz CT molecular complexity index is 170. The van der Waals surface area contributed by atoms with Gasteiger partial charge in [0.2, 0.25) is 0 Å². The number of nitrogens with one attached hydrogen (secondary N) is 1. The third-order valence-corrected chi connectivity index (χ3v) is 3.86. The van der Waals surface area contributed by atoms with Crippen LogP contribution in [0.5, 0.6) is 0 Å². The van der Waals surface area contributed by atoms with Crippen molar-refractivity contribution in [1.29, 1.82) is 0 Å². The highest BCUT2D eigenvalue weighted by molar-refractivity contribution is 4.79. The molecule has 0 amide bonds. The molecule has 1 aliphatic rings. The molecular weight excluding hydrogens is 196 g/mol. The van der Waals surface area contributed by atoms with Gasteiger partial charge in [-0.1, -0.05) is 26.7 Å². The van der Waals surface area contributed by atoms with Crippen LogP contribution in [0.25, 0.3) is 0 Å². The van der Waals surface area contributed by atoms with Crippen LogP contribution >= 0.6 is 0 Å².